The zero-order valence-electron chi connectivity index (χ0n) is 14.1. The van der Waals surface area contributed by atoms with E-state index in [0.717, 1.165) is 30.6 Å². The molecular formula is C16H22F3N5. The molecule has 2 unspecified atom stereocenters. The number of aromatic nitrogens is 4. The van der Waals surface area contributed by atoms with Crippen LogP contribution >= 0.6 is 0 Å². The Morgan fingerprint density at radius 1 is 1.42 bits per heavy atom. The maximum Gasteiger partial charge on any atom is 0.434 e. The Morgan fingerprint density at radius 3 is 2.79 bits per heavy atom. The number of fused-ring (bicyclic) bond motifs is 1. The molecule has 2 aromatic rings. The molecule has 3 heterocycles. The van der Waals surface area contributed by atoms with Crippen molar-refractivity contribution in [1.82, 2.24) is 24.6 Å². The van der Waals surface area contributed by atoms with Gasteiger partial charge in [-0.1, -0.05) is 0 Å². The lowest BCUT2D eigenvalue weighted by molar-refractivity contribution is -0.141. The molecule has 0 radical (unpaired) electrons. The van der Waals surface area contributed by atoms with Crippen molar-refractivity contribution in [2.75, 3.05) is 6.54 Å². The fourth-order valence-electron chi connectivity index (χ4n) is 3.07. The Bertz CT molecular complexity index is 696. The third kappa shape index (κ3) is 3.48. The lowest BCUT2D eigenvalue weighted by Gasteiger charge is -2.25. The number of imidazole rings is 1. The molecule has 132 valence electrons. The number of aryl methyl sites for hydroxylation is 3. The van der Waals surface area contributed by atoms with Crippen LogP contribution in [0.1, 0.15) is 42.3 Å². The van der Waals surface area contributed by atoms with Crippen LogP contribution in [0.2, 0.25) is 0 Å². The molecule has 0 amide bonds. The van der Waals surface area contributed by atoms with E-state index in [9.17, 15) is 13.2 Å². The number of halogens is 3. The van der Waals surface area contributed by atoms with E-state index in [4.69, 9.17) is 0 Å². The van der Waals surface area contributed by atoms with E-state index in [1.807, 2.05) is 24.7 Å². The van der Waals surface area contributed by atoms with E-state index in [1.54, 1.807) is 4.57 Å². The van der Waals surface area contributed by atoms with Crippen molar-refractivity contribution in [3.05, 3.63) is 35.2 Å². The van der Waals surface area contributed by atoms with E-state index in [2.05, 4.69) is 22.3 Å². The normalized spacial score (nSPS) is 19.3. The second-order valence-electron chi connectivity index (χ2n) is 6.56. The minimum Gasteiger partial charge on any atom is -0.334 e. The Morgan fingerprint density at radius 2 is 2.17 bits per heavy atom. The van der Waals surface area contributed by atoms with Crippen LogP contribution < -0.4 is 5.32 Å². The summed E-state index contributed by atoms with van der Waals surface area (Å²) in [5, 5.41) is 7.90. The SMILES string of the molecule is Cc1cc(C(C)NCC2CCc3nc(C(F)(F)F)cn3C2)nn1C. The fraction of sp³-hybridized carbons (Fsp3) is 0.625. The molecule has 3 rings (SSSR count). The highest BCUT2D eigenvalue weighted by atomic mass is 19.4. The Balaban J connectivity index is 1.59. The van der Waals surface area contributed by atoms with E-state index in [0.29, 0.717) is 24.7 Å². The van der Waals surface area contributed by atoms with Crippen molar-refractivity contribution < 1.29 is 13.2 Å². The quantitative estimate of drug-likeness (QED) is 0.930. The predicted octanol–water partition coefficient (Wildman–Crippen LogP) is 2.86. The first kappa shape index (κ1) is 17.0. The summed E-state index contributed by atoms with van der Waals surface area (Å²) >= 11 is 0. The van der Waals surface area contributed by atoms with Crippen molar-refractivity contribution in [3.8, 4) is 0 Å². The molecule has 0 saturated carbocycles. The maximum atomic E-state index is 12.8. The summed E-state index contributed by atoms with van der Waals surface area (Å²) in [7, 11) is 1.91. The lowest BCUT2D eigenvalue weighted by Crippen LogP contribution is -2.31. The average molecular weight is 341 g/mol. The second-order valence-corrected chi connectivity index (χ2v) is 6.56. The van der Waals surface area contributed by atoms with Gasteiger partial charge >= 0.3 is 6.18 Å². The monoisotopic (exact) mass is 341 g/mol. The molecule has 1 aliphatic rings. The Labute approximate surface area is 138 Å². The summed E-state index contributed by atoms with van der Waals surface area (Å²) in [4.78, 5) is 3.72. The zero-order valence-corrected chi connectivity index (χ0v) is 14.1. The van der Waals surface area contributed by atoms with Gasteiger partial charge in [-0.05, 0) is 32.3 Å². The van der Waals surface area contributed by atoms with Gasteiger partial charge in [0.15, 0.2) is 5.69 Å². The molecule has 1 aliphatic heterocycles. The standard InChI is InChI=1S/C16H22F3N5/c1-10-6-13(22-23(10)3)11(2)20-7-12-4-5-15-21-14(16(17,18)19)9-24(15)8-12/h6,9,11-12,20H,4-5,7-8H2,1-3H3. The van der Waals surface area contributed by atoms with Crippen LogP contribution in [-0.4, -0.2) is 25.9 Å². The maximum absolute atomic E-state index is 12.8. The molecule has 2 aromatic heterocycles. The third-order valence-electron chi connectivity index (χ3n) is 4.67. The molecule has 0 aromatic carbocycles. The van der Waals surface area contributed by atoms with E-state index in [-0.39, 0.29) is 6.04 Å². The van der Waals surface area contributed by atoms with Gasteiger partial charge in [-0.3, -0.25) is 4.68 Å². The van der Waals surface area contributed by atoms with Gasteiger partial charge in [0.2, 0.25) is 0 Å². The van der Waals surface area contributed by atoms with Gasteiger partial charge in [0.05, 0.1) is 5.69 Å². The molecule has 0 fully saturated rings. The van der Waals surface area contributed by atoms with Crippen LogP contribution in [0.4, 0.5) is 13.2 Å². The van der Waals surface area contributed by atoms with Gasteiger partial charge in [-0.2, -0.15) is 18.3 Å². The smallest absolute Gasteiger partial charge is 0.334 e. The van der Waals surface area contributed by atoms with Crippen LogP contribution in [0.3, 0.4) is 0 Å². The van der Waals surface area contributed by atoms with Gasteiger partial charge in [-0.25, -0.2) is 4.98 Å². The molecule has 0 spiro atoms. The summed E-state index contributed by atoms with van der Waals surface area (Å²) in [5.41, 5.74) is 1.29. The average Bonchev–Trinajstić information content (AvgIpc) is 3.08. The highest BCUT2D eigenvalue weighted by molar-refractivity contribution is 5.12. The molecule has 24 heavy (non-hydrogen) atoms. The summed E-state index contributed by atoms with van der Waals surface area (Å²) in [6.45, 7) is 5.37. The summed E-state index contributed by atoms with van der Waals surface area (Å²) in [5.74, 6) is 0.826. The Kier molecular flexibility index (Phi) is 4.42. The largest absolute Gasteiger partial charge is 0.434 e. The number of hydrogen-bond acceptors (Lipinski definition) is 3. The number of nitrogens with one attached hydrogen (secondary N) is 1. The third-order valence-corrected chi connectivity index (χ3v) is 4.67. The number of alkyl halides is 3. The van der Waals surface area contributed by atoms with Gasteiger partial charge in [0.25, 0.3) is 0 Å². The summed E-state index contributed by atoms with van der Waals surface area (Å²) in [6.07, 6.45) is -1.81. The minimum atomic E-state index is -4.37. The highest BCUT2D eigenvalue weighted by Crippen LogP contribution is 2.30. The van der Waals surface area contributed by atoms with Gasteiger partial charge < -0.3 is 9.88 Å². The van der Waals surface area contributed by atoms with Gasteiger partial charge in [-0.15, -0.1) is 0 Å². The summed E-state index contributed by atoms with van der Waals surface area (Å²) in [6, 6.07) is 2.15. The van der Waals surface area contributed by atoms with Crippen molar-refractivity contribution in [1.29, 1.82) is 0 Å². The second kappa shape index (κ2) is 6.23. The van der Waals surface area contributed by atoms with Gasteiger partial charge in [0, 0.05) is 44.5 Å². The molecule has 8 heteroatoms. The zero-order chi connectivity index (χ0) is 17.5. The molecule has 2 atom stereocenters. The van der Waals surface area contributed by atoms with Crippen molar-refractivity contribution >= 4 is 0 Å². The Hall–Kier alpha value is -1.83. The van der Waals surface area contributed by atoms with Crippen LogP contribution in [0.15, 0.2) is 12.3 Å². The first-order valence-electron chi connectivity index (χ1n) is 8.11. The first-order valence-corrected chi connectivity index (χ1v) is 8.11. The highest BCUT2D eigenvalue weighted by Gasteiger charge is 2.35. The van der Waals surface area contributed by atoms with Crippen molar-refractivity contribution in [2.24, 2.45) is 13.0 Å². The molecular weight excluding hydrogens is 319 g/mol. The lowest BCUT2D eigenvalue weighted by atomic mass is 9.99. The number of nitrogens with zero attached hydrogens (tertiary/aromatic N) is 4. The topological polar surface area (TPSA) is 47.7 Å². The van der Waals surface area contributed by atoms with Crippen molar-refractivity contribution in [2.45, 2.75) is 45.5 Å². The van der Waals surface area contributed by atoms with Crippen LogP contribution in [-0.2, 0) is 26.2 Å². The van der Waals surface area contributed by atoms with Crippen LogP contribution in [0, 0.1) is 12.8 Å². The molecule has 0 bridgehead atoms. The fourth-order valence-corrected chi connectivity index (χ4v) is 3.07. The van der Waals surface area contributed by atoms with Crippen LogP contribution in [0.25, 0.3) is 0 Å². The van der Waals surface area contributed by atoms with E-state index >= 15 is 0 Å². The first-order chi connectivity index (χ1) is 11.2. The summed E-state index contributed by atoms with van der Waals surface area (Å²) < 4.78 is 41.7. The van der Waals surface area contributed by atoms with Gasteiger partial charge in [0.1, 0.15) is 5.82 Å². The minimum absolute atomic E-state index is 0.111. The molecule has 0 saturated heterocycles. The van der Waals surface area contributed by atoms with Crippen LogP contribution in [0.5, 0.6) is 0 Å². The molecule has 0 aliphatic carbocycles. The number of rotatable bonds is 4. The van der Waals surface area contributed by atoms with E-state index in [1.165, 1.54) is 0 Å². The van der Waals surface area contributed by atoms with E-state index < -0.39 is 11.9 Å². The molecule has 1 N–H and O–H groups in total. The molecule has 5 nitrogen and oxygen atoms in total. The number of hydrogen-bond donors (Lipinski definition) is 1. The predicted molar refractivity (Wildman–Crippen MR) is 83.4 cm³/mol. The van der Waals surface area contributed by atoms with Crippen molar-refractivity contribution in [3.63, 3.8) is 0 Å².